The van der Waals surface area contributed by atoms with Gasteiger partial charge in [-0.05, 0) is 42.2 Å². The molecule has 0 aliphatic heterocycles. The van der Waals surface area contributed by atoms with Gasteiger partial charge in [-0.3, -0.25) is 4.79 Å². The second-order valence-electron chi connectivity index (χ2n) is 6.32. The van der Waals surface area contributed by atoms with Gasteiger partial charge in [-0.1, -0.05) is 38.1 Å². The molecule has 0 aromatic heterocycles. The van der Waals surface area contributed by atoms with Crippen LogP contribution in [0.1, 0.15) is 42.1 Å². The van der Waals surface area contributed by atoms with Gasteiger partial charge in [0.2, 0.25) is 0 Å². The third-order valence-corrected chi connectivity index (χ3v) is 5.37. The average Bonchev–Trinajstić information content (AvgIpc) is 2.65. The lowest BCUT2D eigenvalue weighted by molar-refractivity contribution is -0.119. The molecule has 1 N–H and O–H groups in total. The summed E-state index contributed by atoms with van der Waals surface area (Å²) < 4.78 is 28.5. The second kappa shape index (κ2) is 8.81. The number of esters is 1. The van der Waals surface area contributed by atoms with Gasteiger partial charge in [0.15, 0.2) is 16.4 Å². The number of carbonyl (C=O) groups is 2. The highest BCUT2D eigenvalue weighted by Gasteiger charge is 2.20. The lowest BCUT2D eigenvalue weighted by Gasteiger charge is -2.11. The summed E-state index contributed by atoms with van der Waals surface area (Å²) in [5, 5.41) is 2.64. The Kier molecular flexibility index (Phi) is 6.74. The monoisotopic (exact) mass is 389 g/mol. The third-order valence-electron chi connectivity index (χ3n) is 4.22. The van der Waals surface area contributed by atoms with Crippen LogP contribution in [-0.2, 0) is 19.4 Å². The van der Waals surface area contributed by atoms with Crippen molar-refractivity contribution in [3.05, 3.63) is 59.7 Å². The van der Waals surface area contributed by atoms with Crippen LogP contribution in [0, 0.1) is 0 Å². The molecule has 0 spiro atoms. The summed E-state index contributed by atoms with van der Waals surface area (Å²) in [5.41, 5.74) is 1.68. The molecule has 0 heterocycles. The van der Waals surface area contributed by atoms with Gasteiger partial charge in [0.25, 0.3) is 5.91 Å². The Labute approximate surface area is 159 Å². The van der Waals surface area contributed by atoms with Crippen molar-refractivity contribution in [2.75, 3.05) is 18.2 Å². The van der Waals surface area contributed by atoms with Crippen molar-refractivity contribution in [1.82, 2.24) is 0 Å². The van der Waals surface area contributed by atoms with Crippen molar-refractivity contribution in [1.29, 1.82) is 0 Å². The van der Waals surface area contributed by atoms with E-state index in [1.165, 1.54) is 29.8 Å². The maximum absolute atomic E-state index is 12.2. The molecule has 144 valence electrons. The number of rotatable bonds is 7. The Morgan fingerprint density at radius 2 is 1.70 bits per heavy atom. The molecule has 0 fully saturated rings. The maximum Gasteiger partial charge on any atom is 0.339 e. The van der Waals surface area contributed by atoms with E-state index in [1.54, 1.807) is 12.1 Å². The van der Waals surface area contributed by atoms with Crippen LogP contribution in [0.2, 0.25) is 0 Å². The Balaban J connectivity index is 1.97. The molecule has 0 unspecified atom stereocenters. The molecule has 2 aromatic rings. The van der Waals surface area contributed by atoms with Crippen LogP contribution in [0.5, 0.6) is 0 Å². The van der Waals surface area contributed by atoms with E-state index in [0.29, 0.717) is 11.6 Å². The largest absolute Gasteiger partial charge is 0.452 e. The molecule has 1 atom stereocenters. The van der Waals surface area contributed by atoms with Crippen LogP contribution in [0.15, 0.2) is 53.4 Å². The van der Waals surface area contributed by atoms with E-state index in [-0.39, 0.29) is 10.5 Å². The number of anilines is 1. The molecule has 0 bridgehead atoms. The molecule has 2 rings (SSSR count). The van der Waals surface area contributed by atoms with Crippen LogP contribution in [0.3, 0.4) is 0 Å². The summed E-state index contributed by atoms with van der Waals surface area (Å²) in [6.07, 6.45) is 2.03. The third kappa shape index (κ3) is 5.65. The van der Waals surface area contributed by atoms with Gasteiger partial charge in [0, 0.05) is 11.9 Å². The lowest BCUT2D eigenvalue weighted by Crippen LogP contribution is -2.21. The molecule has 27 heavy (non-hydrogen) atoms. The number of hydrogen-bond donors (Lipinski definition) is 1. The summed E-state index contributed by atoms with van der Waals surface area (Å²) in [6.45, 7) is 3.72. The average molecular weight is 389 g/mol. The molecular weight excluding hydrogens is 366 g/mol. The van der Waals surface area contributed by atoms with Gasteiger partial charge in [-0.15, -0.1) is 0 Å². The first-order valence-corrected chi connectivity index (χ1v) is 10.5. The zero-order chi connectivity index (χ0) is 20.0. The van der Waals surface area contributed by atoms with Gasteiger partial charge in [0.1, 0.15) is 0 Å². The molecule has 2 aromatic carbocycles. The molecule has 6 nitrogen and oxygen atoms in total. The van der Waals surface area contributed by atoms with E-state index >= 15 is 0 Å². The fourth-order valence-electron chi connectivity index (χ4n) is 2.50. The first-order valence-electron chi connectivity index (χ1n) is 8.58. The first kappa shape index (κ1) is 20.6. The number of carbonyl (C=O) groups excluding carboxylic acids is 2. The number of sulfone groups is 1. The minimum atomic E-state index is -3.58. The van der Waals surface area contributed by atoms with Gasteiger partial charge in [0.05, 0.1) is 10.5 Å². The zero-order valence-corrected chi connectivity index (χ0v) is 16.4. The zero-order valence-electron chi connectivity index (χ0n) is 15.6. The SMILES string of the molecule is CC[C@H](C)c1ccc(NC(=O)COC(=O)c2ccccc2S(C)(=O)=O)cc1. The van der Waals surface area contributed by atoms with Crippen molar-refractivity contribution in [2.45, 2.75) is 31.1 Å². The van der Waals surface area contributed by atoms with E-state index in [4.69, 9.17) is 4.74 Å². The number of ether oxygens (including phenoxy) is 1. The predicted octanol–water partition coefficient (Wildman–Crippen LogP) is 3.40. The van der Waals surface area contributed by atoms with Crippen molar-refractivity contribution in [3.8, 4) is 0 Å². The normalized spacial score (nSPS) is 12.3. The fourth-order valence-corrected chi connectivity index (χ4v) is 3.37. The summed E-state index contributed by atoms with van der Waals surface area (Å²) in [6, 6.07) is 13.2. The van der Waals surface area contributed by atoms with Crippen molar-refractivity contribution >= 4 is 27.4 Å². The van der Waals surface area contributed by atoms with Crippen LogP contribution in [0.25, 0.3) is 0 Å². The van der Waals surface area contributed by atoms with E-state index in [0.717, 1.165) is 12.7 Å². The van der Waals surface area contributed by atoms with E-state index in [2.05, 4.69) is 19.2 Å². The quantitative estimate of drug-likeness (QED) is 0.733. The second-order valence-corrected chi connectivity index (χ2v) is 8.31. The molecule has 0 aliphatic carbocycles. The molecule has 0 saturated heterocycles. The Hall–Kier alpha value is -2.67. The minimum absolute atomic E-state index is 0.0919. The highest BCUT2D eigenvalue weighted by atomic mass is 32.2. The van der Waals surface area contributed by atoms with Gasteiger partial charge in [-0.2, -0.15) is 0 Å². The van der Waals surface area contributed by atoms with Gasteiger partial charge >= 0.3 is 5.97 Å². The highest BCUT2D eigenvalue weighted by Crippen LogP contribution is 2.20. The molecule has 1 amide bonds. The summed E-state index contributed by atoms with van der Waals surface area (Å²) in [7, 11) is -3.58. The van der Waals surface area contributed by atoms with E-state index < -0.39 is 28.3 Å². The minimum Gasteiger partial charge on any atom is -0.452 e. The van der Waals surface area contributed by atoms with Crippen LogP contribution in [-0.4, -0.2) is 33.2 Å². The standard InChI is InChI=1S/C20H23NO5S/c1-4-14(2)15-9-11-16(12-10-15)21-19(22)13-26-20(23)17-7-5-6-8-18(17)27(3,24)25/h5-12,14H,4,13H2,1-3H3,(H,21,22)/t14-/m0/s1. The fraction of sp³-hybridized carbons (Fsp3) is 0.300. The summed E-state index contributed by atoms with van der Waals surface area (Å²) >= 11 is 0. The number of amides is 1. The van der Waals surface area contributed by atoms with E-state index in [9.17, 15) is 18.0 Å². The van der Waals surface area contributed by atoms with Crippen molar-refractivity contribution in [3.63, 3.8) is 0 Å². The topological polar surface area (TPSA) is 89.5 Å². The lowest BCUT2D eigenvalue weighted by atomic mass is 9.99. The maximum atomic E-state index is 12.2. The van der Waals surface area contributed by atoms with Gasteiger partial charge < -0.3 is 10.1 Å². The van der Waals surface area contributed by atoms with Crippen molar-refractivity contribution in [2.24, 2.45) is 0 Å². The van der Waals surface area contributed by atoms with E-state index in [1.807, 2.05) is 12.1 Å². The summed E-state index contributed by atoms with van der Waals surface area (Å²) in [4.78, 5) is 24.0. The van der Waals surface area contributed by atoms with Crippen LogP contribution < -0.4 is 5.32 Å². The predicted molar refractivity (Wildman–Crippen MR) is 104 cm³/mol. The van der Waals surface area contributed by atoms with Gasteiger partial charge in [-0.25, -0.2) is 13.2 Å². The Morgan fingerprint density at radius 1 is 1.07 bits per heavy atom. The smallest absolute Gasteiger partial charge is 0.339 e. The number of hydrogen-bond acceptors (Lipinski definition) is 5. The first-order chi connectivity index (χ1) is 12.7. The molecule has 0 radical (unpaired) electrons. The molecular formula is C20H23NO5S. The Morgan fingerprint density at radius 3 is 2.30 bits per heavy atom. The number of benzene rings is 2. The van der Waals surface area contributed by atoms with Crippen LogP contribution >= 0.6 is 0 Å². The summed E-state index contributed by atoms with van der Waals surface area (Å²) in [5.74, 6) is -0.930. The number of nitrogens with one attached hydrogen (secondary N) is 1. The molecule has 0 aliphatic rings. The molecule has 0 saturated carbocycles. The van der Waals surface area contributed by atoms with Crippen LogP contribution in [0.4, 0.5) is 5.69 Å². The highest BCUT2D eigenvalue weighted by molar-refractivity contribution is 7.90. The van der Waals surface area contributed by atoms with Crippen molar-refractivity contribution < 1.29 is 22.7 Å². The molecule has 7 heteroatoms. The Bertz CT molecular complexity index is 920.